The molecule has 16 heavy (non-hydrogen) atoms. The van der Waals surface area contributed by atoms with Gasteiger partial charge in [0.25, 0.3) is 0 Å². The van der Waals surface area contributed by atoms with E-state index in [0.29, 0.717) is 6.04 Å². The first-order valence-corrected chi connectivity index (χ1v) is 6.44. The first kappa shape index (κ1) is 10.1. The molecule has 0 aromatic carbocycles. The van der Waals surface area contributed by atoms with Gasteiger partial charge in [0.2, 0.25) is 0 Å². The van der Waals surface area contributed by atoms with Crippen LogP contribution in [0.5, 0.6) is 0 Å². The summed E-state index contributed by atoms with van der Waals surface area (Å²) in [6, 6.07) is 4.71. The van der Waals surface area contributed by atoms with E-state index in [1.165, 1.54) is 20.9 Å². The summed E-state index contributed by atoms with van der Waals surface area (Å²) in [5, 5.41) is 3.58. The Morgan fingerprint density at radius 2 is 2.25 bits per heavy atom. The molecule has 0 amide bonds. The molecule has 0 radical (unpaired) electrons. The minimum absolute atomic E-state index is 0.326. The van der Waals surface area contributed by atoms with Crippen LogP contribution < -0.4 is 5.32 Å². The van der Waals surface area contributed by atoms with Gasteiger partial charge in [-0.25, -0.2) is 0 Å². The summed E-state index contributed by atoms with van der Waals surface area (Å²) in [6.07, 6.45) is 2.81. The number of hydrogen-bond acceptors (Lipinski definition) is 3. The molecule has 1 atom stereocenters. The average Bonchev–Trinajstić information content (AvgIpc) is 2.84. The minimum atomic E-state index is 0.326. The van der Waals surface area contributed by atoms with Gasteiger partial charge in [-0.05, 0) is 31.5 Å². The van der Waals surface area contributed by atoms with Crippen LogP contribution in [0.15, 0.2) is 22.8 Å². The Hall–Kier alpha value is -1.06. The second kappa shape index (κ2) is 3.75. The molecule has 2 aromatic heterocycles. The summed E-state index contributed by atoms with van der Waals surface area (Å²) in [5.74, 6) is 1.15. The first-order valence-electron chi connectivity index (χ1n) is 5.62. The van der Waals surface area contributed by atoms with Crippen LogP contribution in [0.2, 0.25) is 0 Å². The van der Waals surface area contributed by atoms with Crippen LogP contribution in [0.25, 0.3) is 0 Å². The zero-order chi connectivity index (χ0) is 11.1. The Bertz CT molecular complexity index is 512. The van der Waals surface area contributed by atoms with E-state index in [9.17, 15) is 0 Å². The van der Waals surface area contributed by atoms with Gasteiger partial charge in [0.05, 0.1) is 12.3 Å². The Morgan fingerprint density at radius 3 is 3.00 bits per heavy atom. The third-order valence-corrected chi connectivity index (χ3v) is 4.16. The number of fused-ring (bicyclic) bond motifs is 1. The number of furan rings is 1. The summed E-state index contributed by atoms with van der Waals surface area (Å²) in [6.45, 7) is 5.36. The van der Waals surface area contributed by atoms with Gasteiger partial charge in [-0.1, -0.05) is 0 Å². The molecule has 3 rings (SSSR count). The fourth-order valence-corrected chi connectivity index (χ4v) is 3.43. The van der Waals surface area contributed by atoms with E-state index in [4.69, 9.17) is 4.42 Å². The van der Waals surface area contributed by atoms with E-state index >= 15 is 0 Å². The highest BCUT2D eigenvalue weighted by atomic mass is 32.1. The lowest BCUT2D eigenvalue weighted by Crippen LogP contribution is -2.29. The van der Waals surface area contributed by atoms with E-state index in [2.05, 4.69) is 31.3 Å². The number of rotatable bonds is 1. The molecule has 0 saturated heterocycles. The molecule has 3 heteroatoms. The quantitative estimate of drug-likeness (QED) is 0.818. The second-order valence-corrected chi connectivity index (χ2v) is 5.77. The molecule has 84 valence electrons. The topological polar surface area (TPSA) is 25.2 Å². The Kier molecular flexibility index (Phi) is 2.37. The number of aryl methyl sites for hydroxylation is 2. The van der Waals surface area contributed by atoms with E-state index < -0.39 is 0 Å². The van der Waals surface area contributed by atoms with Gasteiger partial charge in [0.1, 0.15) is 5.76 Å². The lowest BCUT2D eigenvalue weighted by Gasteiger charge is -2.23. The summed E-state index contributed by atoms with van der Waals surface area (Å²) in [4.78, 5) is 2.79. The van der Waals surface area contributed by atoms with E-state index in [1.807, 2.05) is 11.3 Å². The van der Waals surface area contributed by atoms with Crippen LogP contribution in [-0.2, 0) is 6.42 Å². The molecule has 0 spiro atoms. The van der Waals surface area contributed by atoms with Gasteiger partial charge in [0.15, 0.2) is 0 Å². The van der Waals surface area contributed by atoms with Crippen molar-refractivity contribution in [1.29, 1.82) is 0 Å². The van der Waals surface area contributed by atoms with E-state index in [1.54, 1.807) is 6.26 Å². The molecule has 1 aliphatic rings. The van der Waals surface area contributed by atoms with Crippen LogP contribution in [0.4, 0.5) is 0 Å². The Labute approximate surface area is 99.3 Å². The third kappa shape index (κ3) is 1.51. The lowest BCUT2D eigenvalue weighted by molar-refractivity contribution is 0.456. The summed E-state index contributed by atoms with van der Waals surface area (Å²) >= 11 is 1.87. The maximum atomic E-state index is 5.52. The Balaban J connectivity index is 2.07. The van der Waals surface area contributed by atoms with Gasteiger partial charge in [-0.3, -0.25) is 0 Å². The molecule has 2 aromatic rings. The number of thiophene rings is 1. The van der Waals surface area contributed by atoms with Crippen LogP contribution in [0.1, 0.15) is 32.7 Å². The number of nitrogens with one attached hydrogen (secondary N) is 1. The smallest absolute Gasteiger partial charge is 0.110 e. The van der Waals surface area contributed by atoms with Crippen LogP contribution in [0.3, 0.4) is 0 Å². The van der Waals surface area contributed by atoms with Crippen molar-refractivity contribution in [2.75, 3.05) is 6.54 Å². The highest BCUT2D eigenvalue weighted by Gasteiger charge is 2.25. The highest BCUT2D eigenvalue weighted by Crippen LogP contribution is 2.34. The molecule has 0 fully saturated rings. The molecule has 0 aliphatic carbocycles. The molecule has 0 saturated carbocycles. The van der Waals surface area contributed by atoms with E-state index in [-0.39, 0.29) is 0 Å². The average molecular weight is 233 g/mol. The van der Waals surface area contributed by atoms with Crippen molar-refractivity contribution in [3.8, 4) is 0 Å². The summed E-state index contributed by atoms with van der Waals surface area (Å²) < 4.78 is 5.52. The van der Waals surface area contributed by atoms with Gasteiger partial charge in [0, 0.05) is 28.3 Å². The van der Waals surface area contributed by atoms with Crippen molar-refractivity contribution in [3.63, 3.8) is 0 Å². The molecule has 3 heterocycles. The minimum Gasteiger partial charge on any atom is -0.469 e. The van der Waals surface area contributed by atoms with Crippen molar-refractivity contribution >= 4 is 11.3 Å². The van der Waals surface area contributed by atoms with Crippen molar-refractivity contribution in [2.45, 2.75) is 26.3 Å². The molecular weight excluding hydrogens is 218 g/mol. The molecule has 1 unspecified atom stereocenters. The van der Waals surface area contributed by atoms with Crippen molar-refractivity contribution < 1.29 is 4.42 Å². The monoisotopic (exact) mass is 233 g/mol. The van der Waals surface area contributed by atoms with Crippen LogP contribution >= 0.6 is 11.3 Å². The second-order valence-electron chi connectivity index (χ2n) is 4.30. The van der Waals surface area contributed by atoms with Crippen molar-refractivity contribution in [1.82, 2.24) is 5.32 Å². The molecular formula is C13H15NOS. The summed E-state index contributed by atoms with van der Waals surface area (Å²) in [5.41, 5.74) is 2.72. The van der Waals surface area contributed by atoms with Crippen LogP contribution in [0, 0.1) is 13.8 Å². The van der Waals surface area contributed by atoms with Gasteiger partial charge in [-0.2, -0.15) is 0 Å². The molecule has 1 N–H and O–H groups in total. The first-order chi connectivity index (χ1) is 7.75. The van der Waals surface area contributed by atoms with Crippen LogP contribution in [-0.4, -0.2) is 6.54 Å². The third-order valence-electron chi connectivity index (χ3n) is 3.18. The van der Waals surface area contributed by atoms with Crippen molar-refractivity contribution in [2.24, 2.45) is 0 Å². The lowest BCUT2D eigenvalue weighted by atomic mass is 9.95. The number of hydrogen-bond donors (Lipinski definition) is 1. The largest absolute Gasteiger partial charge is 0.469 e. The fourth-order valence-electron chi connectivity index (χ4n) is 2.47. The van der Waals surface area contributed by atoms with Gasteiger partial charge in [-0.15, -0.1) is 11.3 Å². The zero-order valence-electron chi connectivity index (χ0n) is 9.54. The Morgan fingerprint density at radius 1 is 1.38 bits per heavy atom. The van der Waals surface area contributed by atoms with E-state index in [0.717, 1.165) is 18.7 Å². The molecule has 2 nitrogen and oxygen atoms in total. The summed E-state index contributed by atoms with van der Waals surface area (Å²) in [7, 11) is 0. The zero-order valence-corrected chi connectivity index (χ0v) is 10.4. The van der Waals surface area contributed by atoms with Crippen molar-refractivity contribution in [3.05, 3.63) is 45.0 Å². The maximum absolute atomic E-state index is 5.52. The molecule has 0 bridgehead atoms. The SMILES string of the molecule is Cc1cc(C2NCCc3occc32)c(C)s1. The predicted molar refractivity (Wildman–Crippen MR) is 66.1 cm³/mol. The standard InChI is InChI=1S/C13H15NOS/c1-8-7-11(9(2)16-8)13-10-4-6-15-12(10)3-5-14-13/h4,6-7,13-14H,3,5H2,1-2H3. The highest BCUT2D eigenvalue weighted by molar-refractivity contribution is 7.12. The van der Waals surface area contributed by atoms with Gasteiger partial charge >= 0.3 is 0 Å². The predicted octanol–water partition coefficient (Wildman–Crippen LogP) is 3.19. The van der Waals surface area contributed by atoms with Gasteiger partial charge < -0.3 is 9.73 Å². The fraction of sp³-hybridized carbons (Fsp3) is 0.385. The maximum Gasteiger partial charge on any atom is 0.110 e. The molecule has 1 aliphatic heterocycles. The normalized spacial score (nSPS) is 19.8.